The largest absolute Gasteiger partial charge is 0.507 e. The Bertz CT molecular complexity index is 1910. The first kappa shape index (κ1) is 39.6. The average molecular weight is 724 g/mol. The van der Waals surface area contributed by atoms with Gasteiger partial charge in [0.2, 0.25) is 0 Å². The molecule has 14 heteroatoms. The van der Waals surface area contributed by atoms with Crippen molar-refractivity contribution < 1.29 is 63.7 Å². The van der Waals surface area contributed by atoms with Crippen molar-refractivity contribution in [1.29, 1.82) is 0 Å². The molecule has 0 radical (unpaired) electrons. The molecule has 14 nitrogen and oxygen atoms in total. The maximum atomic E-state index is 14.0. The molecule has 5 bridgehead atoms. The number of fused-ring (bicyclic) bond motifs is 14. The molecule has 52 heavy (non-hydrogen) atoms. The third-order valence-electron chi connectivity index (χ3n) is 9.85. The molecule has 6 N–H and O–H groups in total. The molecule has 2 aromatic carbocycles. The van der Waals surface area contributed by atoms with E-state index in [-0.39, 0.29) is 34.3 Å². The van der Waals surface area contributed by atoms with Crippen LogP contribution < -0.4 is 10.1 Å². The topological polar surface area (TPSA) is 218 Å². The molecule has 0 aliphatic carbocycles. The Morgan fingerprint density at radius 3 is 2.27 bits per heavy atom. The quantitative estimate of drug-likeness (QED) is 0.112. The number of anilines is 1. The van der Waals surface area contributed by atoms with E-state index < -0.39 is 105 Å². The predicted molar refractivity (Wildman–Crippen MR) is 189 cm³/mol. The molecule has 0 saturated carbocycles. The van der Waals surface area contributed by atoms with Gasteiger partial charge in [0.15, 0.2) is 12.0 Å². The summed E-state index contributed by atoms with van der Waals surface area (Å²) in [5, 5.41) is 58.0. The van der Waals surface area contributed by atoms with Gasteiger partial charge in [-0.15, -0.1) is 0 Å². The number of aliphatic hydroxyl groups excluding tert-OH is 2. The van der Waals surface area contributed by atoms with Crippen molar-refractivity contribution in [2.24, 2.45) is 17.8 Å². The fourth-order valence-electron chi connectivity index (χ4n) is 6.63. The van der Waals surface area contributed by atoms with Crippen LogP contribution in [-0.4, -0.2) is 86.8 Å². The Hall–Kier alpha value is -5.18. The van der Waals surface area contributed by atoms with Crippen LogP contribution in [0.15, 0.2) is 48.3 Å². The maximum Gasteiger partial charge on any atom is 0.312 e. The first-order chi connectivity index (χ1) is 24.3. The summed E-state index contributed by atoms with van der Waals surface area (Å²) in [5.74, 6) is -8.94. The van der Waals surface area contributed by atoms with Crippen molar-refractivity contribution in [3.05, 3.63) is 65.0 Å². The van der Waals surface area contributed by atoms with E-state index in [0.29, 0.717) is 0 Å². The number of allylic oxidation sites excluding steroid dienone is 2. The average Bonchev–Trinajstić information content (AvgIpc) is 3.36. The lowest BCUT2D eigenvalue weighted by Crippen LogP contribution is -2.46. The van der Waals surface area contributed by atoms with E-state index in [9.17, 15) is 44.7 Å². The van der Waals surface area contributed by atoms with Crippen LogP contribution in [0.1, 0.15) is 67.8 Å². The molecule has 0 aromatic heterocycles. The molecule has 8 atom stereocenters. The third kappa shape index (κ3) is 7.01. The van der Waals surface area contributed by atoms with Gasteiger partial charge in [0.1, 0.15) is 23.4 Å². The number of hydrogen-bond donors (Lipinski definition) is 6. The van der Waals surface area contributed by atoms with Gasteiger partial charge >= 0.3 is 11.8 Å². The number of aliphatic hydroxyl groups is 2. The smallest absolute Gasteiger partial charge is 0.312 e. The predicted octanol–water partition coefficient (Wildman–Crippen LogP) is 4.49. The number of methoxy groups -OCH3 is 1. The second-order valence-corrected chi connectivity index (χ2v) is 13.4. The molecular formula is C38H45NO13. The second kappa shape index (κ2) is 15.2. The zero-order valence-corrected chi connectivity index (χ0v) is 30.2. The summed E-state index contributed by atoms with van der Waals surface area (Å²) in [5.41, 5.74) is -1.17. The molecule has 8 unspecified atom stereocenters. The Labute approximate surface area is 300 Å². The van der Waals surface area contributed by atoms with Crippen molar-refractivity contribution in [2.75, 3.05) is 12.4 Å². The van der Waals surface area contributed by atoms with Crippen molar-refractivity contribution in [1.82, 2.24) is 0 Å². The number of benzene rings is 2. The van der Waals surface area contributed by atoms with Crippen molar-refractivity contribution in [3.8, 4) is 23.0 Å². The number of aromatic hydroxyl groups is 3. The van der Waals surface area contributed by atoms with Crippen LogP contribution in [0.3, 0.4) is 0 Å². The van der Waals surface area contributed by atoms with E-state index in [1.807, 2.05) is 0 Å². The highest BCUT2D eigenvalue weighted by atomic mass is 16.7. The van der Waals surface area contributed by atoms with E-state index in [1.54, 1.807) is 20.8 Å². The van der Waals surface area contributed by atoms with Crippen molar-refractivity contribution >= 4 is 40.4 Å². The van der Waals surface area contributed by atoms with E-state index in [2.05, 4.69) is 11.9 Å². The van der Waals surface area contributed by atoms with Crippen LogP contribution in [0.4, 0.5) is 5.69 Å². The number of ketones is 1. The van der Waals surface area contributed by atoms with Crippen molar-refractivity contribution in [3.63, 3.8) is 0 Å². The SMILES string of the molecule is C=C1/C=C/C=C(/C)C(=O)Nc2c(C=O)c(O)c3c4c(c(C)c(O)c3c2O)OC(C)(O/C=C/C(OC)C(C)C(OC(C)=O)C(C)C(O)C(C)C1O)C4=O. The molecule has 3 aliphatic heterocycles. The highest BCUT2D eigenvalue weighted by Gasteiger charge is 2.50. The van der Waals surface area contributed by atoms with Gasteiger partial charge in [0.25, 0.3) is 11.7 Å². The number of carbonyl (C=O) groups excluding carboxylic acids is 4. The van der Waals surface area contributed by atoms with E-state index >= 15 is 0 Å². The highest BCUT2D eigenvalue weighted by Crippen LogP contribution is 2.55. The van der Waals surface area contributed by atoms with Gasteiger partial charge in [0, 0.05) is 55.2 Å². The summed E-state index contributed by atoms with van der Waals surface area (Å²) in [6, 6.07) is 0. The van der Waals surface area contributed by atoms with Crippen molar-refractivity contribution in [2.45, 2.75) is 78.7 Å². The third-order valence-corrected chi connectivity index (χ3v) is 9.85. The molecule has 0 saturated heterocycles. The van der Waals surface area contributed by atoms with Gasteiger partial charge < -0.3 is 49.8 Å². The number of rotatable bonds is 3. The summed E-state index contributed by atoms with van der Waals surface area (Å²) in [7, 11) is 1.40. The van der Waals surface area contributed by atoms with Crippen LogP contribution in [0.2, 0.25) is 0 Å². The number of ether oxygens (including phenoxy) is 4. The summed E-state index contributed by atoms with van der Waals surface area (Å²) < 4.78 is 23.1. The van der Waals surface area contributed by atoms with Gasteiger partial charge in [-0.2, -0.15) is 0 Å². The minimum Gasteiger partial charge on any atom is -0.507 e. The minimum atomic E-state index is -2.09. The lowest BCUT2D eigenvalue weighted by molar-refractivity contribution is -0.160. The molecule has 280 valence electrons. The maximum absolute atomic E-state index is 14.0. The molecule has 1 amide bonds. The summed E-state index contributed by atoms with van der Waals surface area (Å²) >= 11 is 0. The number of carbonyl (C=O) groups is 4. The van der Waals surface area contributed by atoms with Gasteiger partial charge in [-0.25, -0.2) is 0 Å². The van der Waals surface area contributed by atoms with Crippen LogP contribution in [0.25, 0.3) is 10.8 Å². The zero-order valence-electron chi connectivity index (χ0n) is 30.2. The normalized spacial score (nSPS) is 30.9. The number of aldehydes is 1. The van der Waals surface area contributed by atoms with Crippen LogP contribution in [-0.2, 0) is 23.8 Å². The molecule has 0 fully saturated rings. The first-order valence-electron chi connectivity index (χ1n) is 16.5. The van der Waals surface area contributed by atoms with Crippen LogP contribution in [0.5, 0.6) is 23.0 Å². The van der Waals surface area contributed by atoms with Gasteiger partial charge in [-0.1, -0.05) is 45.6 Å². The van der Waals surface area contributed by atoms with Crippen LogP contribution >= 0.6 is 0 Å². The zero-order chi connectivity index (χ0) is 39.0. The monoisotopic (exact) mass is 723 g/mol. The Morgan fingerprint density at radius 1 is 1.02 bits per heavy atom. The van der Waals surface area contributed by atoms with Crippen LogP contribution in [0, 0.1) is 24.7 Å². The Morgan fingerprint density at radius 2 is 1.67 bits per heavy atom. The summed E-state index contributed by atoms with van der Waals surface area (Å²) in [6.45, 7) is 14.2. The van der Waals surface area contributed by atoms with E-state index in [0.717, 1.165) is 6.26 Å². The lowest BCUT2D eigenvalue weighted by Gasteiger charge is -2.37. The number of nitrogens with one attached hydrogen (secondary N) is 1. The van der Waals surface area contributed by atoms with E-state index in [1.165, 1.54) is 59.1 Å². The number of phenolic OH excluding ortho intramolecular Hbond substituents is 3. The summed E-state index contributed by atoms with van der Waals surface area (Å²) in [4.78, 5) is 51.8. The Kier molecular flexibility index (Phi) is 11.6. The number of Topliss-reactive ketones (excluding diaryl/α,β-unsaturated/α-hetero) is 1. The number of hydrogen-bond acceptors (Lipinski definition) is 13. The Balaban J connectivity index is 1.93. The fraction of sp³-hybridized carbons (Fsp3) is 0.421. The molecule has 3 aliphatic rings. The molecule has 5 rings (SSSR count). The van der Waals surface area contributed by atoms with E-state index in [4.69, 9.17) is 18.9 Å². The molecule has 2 aromatic rings. The number of phenols is 3. The number of esters is 1. The summed E-state index contributed by atoms with van der Waals surface area (Å²) in [6.07, 6.45) is 2.71. The molecule has 3 heterocycles. The van der Waals surface area contributed by atoms with Gasteiger partial charge in [-0.3, -0.25) is 19.2 Å². The fourth-order valence-corrected chi connectivity index (χ4v) is 6.63. The number of amides is 1. The molecule has 0 spiro atoms. The lowest BCUT2D eigenvalue weighted by atomic mass is 9.79. The second-order valence-electron chi connectivity index (χ2n) is 13.4. The first-order valence-corrected chi connectivity index (χ1v) is 16.5. The minimum absolute atomic E-state index is 0.0125. The molecular weight excluding hydrogens is 678 g/mol. The highest BCUT2D eigenvalue weighted by molar-refractivity contribution is 6.23. The van der Waals surface area contributed by atoms with Gasteiger partial charge in [-0.05, 0) is 25.5 Å². The van der Waals surface area contributed by atoms with Gasteiger partial charge in [0.05, 0.1) is 46.8 Å². The standard InChI is InChI=1S/C38H45NO13/c1-16-11-10-12-17(2)37(48)39-28-23(15-40)32(45)25-26(33(28)46)31(44)21(6)35-27(25)36(47)38(8,52-35)50-14-13-24(49-9)18(3)34(51-22(7)41)20(5)30(43)19(4)29(16)42/h10-15,18-20,24,29-30,34,42-46H,1H2,2-9H3,(H,39,48)/b11-10+,14-13+,17-12-.